The highest BCUT2D eigenvalue weighted by molar-refractivity contribution is 7.14. The molecule has 3 N–H and O–H groups in total. The number of carbonyl (C=O) groups excluding carboxylic acids is 1. The molecule has 1 atom stereocenters. The summed E-state index contributed by atoms with van der Waals surface area (Å²) in [6.45, 7) is 1.97. The number of halogens is 1. The lowest BCUT2D eigenvalue weighted by Gasteiger charge is -2.26. The van der Waals surface area contributed by atoms with Gasteiger partial charge in [-0.25, -0.2) is 0 Å². The van der Waals surface area contributed by atoms with Gasteiger partial charge in [0.05, 0.1) is 13.2 Å². The standard InChI is InChI=1S/C17H20N2O2S.ClH/c1-10-8-15(21-2)16(22-10)17(20)19-14-5-3-4-11-9-12(18)6-7-13(11)14;/h6-9,14H,3-5,18H2,1-2H3,(H,19,20);1H. The molecular formula is C17H21ClN2O2S. The van der Waals surface area contributed by atoms with E-state index in [4.69, 9.17) is 10.5 Å². The Balaban J connectivity index is 0.00000192. The quantitative estimate of drug-likeness (QED) is 0.824. The van der Waals surface area contributed by atoms with Crippen LogP contribution in [0.4, 0.5) is 5.69 Å². The van der Waals surface area contributed by atoms with Gasteiger partial charge in [-0.05, 0) is 55.5 Å². The Kier molecular flexibility index (Phi) is 5.55. The number of amides is 1. The molecule has 0 spiro atoms. The zero-order valence-electron chi connectivity index (χ0n) is 13.2. The van der Waals surface area contributed by atoms with Crippen LogP contribution < -0.4 is 15.8 Å². The molecule has 3 rings (SSSR count). The topological polar surface area (TPSA) is 64.3 Å². The first-order valence-electron chi connectivity index (χ1n) is 7.42. The van der Waals surface area contributed by atoms with Crippen LogP contribution in [0.1, 0.15) is 44.6 Å². The Labute approximate surface area is 146 Å². The van der Waals surface area contributed by atoms with Crippen LogP contribution >= 0.6 is 23.7 Å². The summed E-state index contributed by atoms with van der Waals surface area (Å²) in [6.07, 6.45) is 3.03. The molecule has 1 heterocycles. The number of benzene rings is 1. The Hall–Kier alpha value is -1.72. The Morgan fingerprint density at radius 1 is 1.39 bits per heavy atom. The number of nitrogen functional groups attached to an aromatic ring is 1. The molecule has 23 heavy (non-hydrogen) atoms. The van der Waals surface area contributed by atoms with E-state index in [0.29, 0.717) is 10.6 Å². The van der Waals surface area contributed by atoms with E-state index in [1.54, 1.807) is 7.11 Å². The van der Waals surface area contributed by atoms with Crippen LogP contribution in [0.25, 0.3) is 0 Å². The van der Waals surface area contributed by atoms with E-state index in [2.05, 4.69) is 5.32 Å². The first-order valence-corrected chi connectivity index (χ1v) is 8.23. The molecule has 1 aromatic carbocycles. The predicted octanol–water partition coefficient (Wildman–Crippen LogP) is 3.88. The van der Waals surface area contributed by atoms with Crippen molar-refractivity contribution in [2.24, 2.45) is 0 Å². The number of ether oxygens (including phenoxy) is 1. The van der Waals surface area contributed by atoms with Crippen molar-refractivity contribution < 1.29 is 9.53 Å². The van der Waals surface area contributed by atoms with Gasteiger partial charge in [-0.1, -0.05) is 6.07 Å². The van der Waals surface area contributed by atoms with Gasteiger partial charge in [-0.15, -0.1) is 23.7 Å². The number of aryl methyl sites for hydroxylation is 2. The van der Waals surface area contributed by atoms with Gasteiger partial charge in [0, 0.05) is 10.6 Å². The van der Waals surface area contributed by atoms with Gasteiger partial charge in [0.15, 0.2) is 0 Å². The molecule has 1 aliphatic carbocycles. The summed E-state index contributed by atoms with van der Waals surface area (Å²) in [4.78, 5) is 14.3. The average Bonchev–Trinajstić information content (AvgIpc) is 2.88. The van der Waals surface area contributed by atoms with Crippen LogP contribution in [-0.4, -0.2) is 13.0 Å². The molecule has 124 valence electrons. The fourth-order valence-corrected chi connectivity index (χ4v) is 3.89. The summed E-state index contributed by atoms with van der Waals surface area (Å²) in [5.74, 6) is 0.581. The van der Waals surface area contributed by atoms with Gasteiger partial charge < -0.3 is 15.8 Å². The minimum Gasteiger partial charge on any atom is -0.495 e. The number of hydrogen-bond acceptors (Lipinski definition) is 4. The number of nitrogens with one attached hydrogen (secondary N) is 1. The van der Waals surface area contributed by atoms with E-state index < -0.39 is 0 Å². The predicted molar refractivity (Wildman–Crippen MR) is 96.9 cm³/mol. The summed E-state index contributed by atoms with van der Waals surface area (Å²) < 4.78 is 5.29. The molecule has 0 radical (unpaired) electrons. The second-order valence-electron chi connectivity index (χ2n) is 5.63. The summed E-state index contributed by atoms with van der Waals surface area (Å²) in [6, 6.07) is 7.90. The van der Waals surface area contributed by atoms with Crippen molar-refractivity contribution in [3.05, 3.63) is 45.1 Å². The molecule has 4 nitrogen and oxygen atoms in total. The number of rotatable bonds is 3. The molecule has 0 saturated carbocycles. The first-order chi connectivity index (χ1) is 10.6. The fourth-order valence-electron chi connectivity index (χ4n) is 3.01. The number of nitrogens with two attached hydrogens (primary N) is 1. The lowest BCUT2D eigenvalue weighted by molar-refractivity contribution is 0.0934. The minimum atomic E-state index is -0.0652. The second-order valence-corrected chi connectivity index (χ2v) is 6.89. The van der Waals surface area contributed by atoms with Crippen LogP contribution in [0.3, 0.4) is 0 Å². The molecular weight excluding hydrogens is 332 g/mol. The molecule has 0 fully saturated rings. The summed E-state index contributed by atoms with van der Waals surface area (Å²) in [5.41, 5.74) is 9.06. The third kappa shape index (κ3) is 3.62. The van der Waals surface area contributed by atoms with E-state index in [9.17, 15) is 4.79 Å². The normalized spacial score (nSPS) is 16.2. The van der Waals surface area contributed by atoms with Crippen molar-refractivity contribution in [3.8, 4) is 5.75 Å². The summed E-state index contributed by atoms with van der Waals surface area (Å²) >= 11 is 1.46. The molecule has 1 aromatic heterocycles. The second kappa shape index (κ2) is 7.23. The fraction of sp³-hybridized carbons (Fsp3) is 0.353. The van der Waals surface area contributed by atoms with Gasteiger partial charge in [0.25, 0.3) is 5.91 Å². The van der Waals surface area contributed by atoms with Crippen molar-refractivity contribution in [2.45, 2.75) is 32.2 Å². The van der Waals surface area contributed by atoms with Crippen LogP contribution in [-0.2, 0) is 6.42 Å². The van der Waals surface area contributed by atoms with Crippen molar-refractivity contribution in [1.82, 2.24) is 5.32 Å². The summed E-state index contributed by atoms with van der Waals surface area (Å²) in [7, 11) is 1.59. The van der Waals surface area contributed by atoms with Crippen molar-refractivity contribution >= 4 is 35.3 Å². The van der Waals surface area contributed by atoms with Crippen LogP contribution in [0.5, 0.6) is 5.75 Å². The maximum Gasteiger partial charge on any atom is 0.265 e. The van der Waals surface area contributed by atoms with E-state index in [-0.39, 0.29) is 24.4 Å². The molecule has 0 aliphatic heterocycles. The van der Waals surface area contributed by atoms with Gasteiger partial charge in [0.1, 0.15) is 10.6 Å². The molecule has 1 amide bonds. The van der Waals surface area contributed by atoms with Gasteiger partial charge >= 0.3 is 0 Å². The Morgan fingerprint density at radius 3 is 2.91 bits per heavy atom. The first kappa shape index (κ1) is 17.6. The molecule has 1 unspecified atom stereocenters. The summed E-state index contributed by atoms with van der Waals surface area (Å²) in [5, 5.41) is 3.15. The number of methoxy groups -OCH3 is 1. The SMILES string of the molecule is COc1cc(C)sc1C(=O)NC1CCCc2cc(N)ccc21.Cl. The molecule has 0 bridgehead atoms. The number of anilines is 1. The van der Waals surface area contributed by atoms with Crippen LogP contribution in [0.15, 0.2) is 24.3 Å². The maximum atomic E-state index is 12.6. The number of thiophene rings is 1. The highest BCUT2D eigenvalue weighted by Crippen LogP contribution is 2.33. The molecule has 0 saturated heterocycles. The van der Waals surface area contributed by atoms with Gasteiger partial charge in [-0.3, -0.25) is 4.79 Å². The average molecular weight is 353 g/mol. The Morgan fingerprint density at radius 2 is 2.17 bits per heavy atom. The number of carbonyl (C=O) groups is 1. The molecule has 6 heteroatoms. The molecule has 1 aliphatic rings. The van der Waals surface area contributed by atoms with Gasteiger partial charge in [0.2, 0.25) is 0 Å². The van der Waals surface area contributed by atoms with Crippen molar-refractivity contribution in [1.29, 1.82) is 0 Å². The van der Waals surface area contributed by atoms with Crippen molar-refractivity contribution in [2.75, 3.05) is 12.8 Å². The van der Waals surface area contributed by atoms with Crippen LogP contribution in [0.2, 0.25) is 0 Å². The zero-order chi connectivity index (χ0) is 15.7. The van der Waals surface area contributed by atoms with Crippen molar-refractivity contribution in [3.63, 3.8) is 0 Å². The Bertz CT molecular complexity index is 715. The van der Waals surface area contributed by atoms with E-state index in [1.165, 1.54) is 22.5 Å². The lowest BCUT2D eigenvalue weighted by atomic mass is 9.87. The minimum absolute atomic E-state index is 0. The van der Waals surface area contributed by atoms with E-state index in [1.807, 2.05) is 31.2 Å². The zero-order valence-corrected chi connectivity index (χ0v) is 14.9. The largest absolute Gasteiger partial charge is 0.495 e. The highest BCUT2D eigenvalue weighted by atomic mass is 35.5. The number of fused-ring (bicyclic) bond motifs is 1. The number of hydrogen-bond donors (Lipinski definition) is 2. The van der Waals surface area contributed by atoms with E-state index >= 15 is 0 Å². The van der Waals surface area contributed by atoms with Crippen LogP contribution in [0, 0.1) is 6.92 Å². The maximum absolute atomic E-state index is 12.6. The molecule has 2 aromatic rings. The lowest BCUT2D eigenvalue weighted by Crippen LogP contribution is -2.30. The van der Waals surface area contributed by atoms with E-state index in [0.717, 1.165) is 29.8 Å². The third-order valence-corrected chi connectivity index (χ3v) is 5.06. The monoisotopic (exact) mass is 352 g/mol. The highest BCUT2D eigenvalue weighted by Gasteiger charge is 2.24. The third-order valence-electron chi connectivity index (χ3n) is 4.03. The van der Waals surface area contributed by atoms with Gasteiger partial charge in [-0.2, -0.15) is 0 Å². The smallest absolute Gasteiger partial charge is 0.265 e.